The van der Waals surface area contributed by atoms with Gasteiger partial charge in [-0.3, -0.25) is 0 Å². The molecule has 6 fully saturated rings. The highest BCUT2D eigenvalue weighted by atomic mass is 127. The number of rotatable bonds is 4. The number of quaternary nitrogens is 1. The average molecular weight is 489 g/mol. The largest absolute Gasteiger partial charge is 0.566 e. The highest BCUT2D eigenvalue weighted by Crippen LogP contribution is 2.89. The molecule has 11 atom stereocenters. The van der Waals surface area contributed by atoms with Crippen LogP contribution in [0.1, 0.15) is 12.8 Å². The summed E-state index contributed by atoms with van der Waals surface area (Å²) in [6, 6.07) is 0. The molecule has 1 unspecified atom stereocenters. The van der Waals surface area contributed by atoms with Gasteiger partial charge in [-0.25, -0.2) is 0 Å². The van der Waals surface area contributed by atoms with Crippen molar-refractivity contribution >= 4 is 45.2 Å². The first-order chi connectivity index (χ1) is 9.09. The second kappa shape index (κ2) is 3.79. The maximum Gasteiger partial charge on any atom is 0.111 e. The minimum atomic E-state index is -1.11. The summed E-state index contributed by atoms with van der Waals surface area (Å²) in [5.74, 6) is 6.68. The van der Waals surface area contributed by atoms with Crippen molar-refractivity contribution in [2.75, 3.05) is 6.61 Å². The molecular weight excluding hydrogens is 472 g/mol. The normalized spacial score (nSPS) is 67.9. The second-order valence-corrected chi connectivity index (χ2v) is 9.95. The van der Waals surface area contributed by atoms with Crippen LogP contribution in [0.15, 0.2) is 0 Å². The molecule has 6 heteroatoms. The summed E-state index contributed by atoms with van der Waals surface area (Å²) in [4.78, 5) is 4.87. The Hall–Kier alpha value is 1.30. The monoisotopic (exact) mass is 489 g/mol. The SMILES string of the molecule is [O-][NH+](O)OCC[C@@]12[C@@H]3[C@@H]4C[C@H]5[C@H]3[C@H](I)[C@H]1[C@@H]5[C@H]4[C@H]2I. The predicted octanol–water partition coefficient (Wildman–Crippen LogP) is 1.45. The molecule has 106 valence electrons. The first-order valence-electron chi connectivity index (χ1n) is 7.23. The average Bonchev–Trinajstić information content (AvgIpc) is 3.05. The van der Waals surface area contributed by atoms with Gasteiger partial charge in [0.15, 0.2) is 0 Å². The van der Waals surface area contributed by atoms with Gasteiger partial charge in [-0.1, -0.05) is 50.6 Å². The maximum absolute atomic E-state index is 10.6. The van der Waals surface area contributed by atoms with E-state index in [9.17, 15) is 5.21 Å². The van der Waals surface area contributed by atoms with Crippen LogP contribution in [0, 0.1) is 52.0 Å². The van der Waals surface area contributed by atoms with Crippen LogP contribution in [0.3, 0.4) is 0 Å². The van der Waals surface area contributed by atoms with Crippen molar-refractivity contribution in [1.82, 2.24) is 0 Å². The number of hydrogen-bond acceptors (Lipinski definition) is 3. The van der Waals surface area contributed by atoms with Gasteiger partial charge in [0, 0.05) is 7.85 Å². The van der Waals surface area contributed by atoms with E-state index in [1.165, 1.54) is 6.42 Å². The van der Waals surface area contributed by atoms with E-state index in [1.54, 1.807) is 0 Å². The van der Waals surface area contributed by atoms with E-state index in [0.29, 0.717) is 12.0 Å². The molecule has 0 spiro atoms. The molecule has 6 aliphatic rings. The molecule has 0 aliphatic heterocycles. The molecular formula is C13H17I2NO3. The number of nitrogens with one attached hydrogen (secondary N) is 1. The van der Waals surface area contributed by atoms with Crippen LogP contribution in [0.2, 0.25) is 0 Å². The zero-order chi connectivity index (χ0) is 13.1. The topological polar surface area (TPSA) is 57.0 Å². The van der Waals surface area contributed by atoms with Gasteiger partial charge in [-0.15, -0.1) is 0 Å². The van der Waals surface area contributed by atoms with Crippen LogP contribution in [0.25, 0.3) is 0 Å². The van der Waals surface area contributed by atoms with Crippen LogP contribution in [-0.2, 0) is 4.84 Å². The van der Waals surface area contributed by atoms with Crippen molar-refractivity contribution in [1.29, 1.82) is 0 Å². The number of alkyl halides is 2. The highest BCUT2D eigenvalue weighted by Gasteiger charge is 2.87. The molecule has 6 rings (SSSR count). The fourth-order valence-corrected chi connectivity index (χ4v) is 11.8. The molecule has 6 saturated carbocycles. The van der Waals surface area contributed by atoms with Crippen LogP contribution in [-0.4, -0.2) is 19.7 Å². The Kier molecular flexibility index (Phi) is 2.55. The molecule has 0 amide bonds. The second-order valence-electron chi connectivity index (χ2n) is 7.17. The van der Waals surface area contributed by atoms with Gasteiger partial charge in [-0.2, -0.15) is 10.0 Å². The van der Waals surface area contributed by atoms with Gasteiger partial charge in [-0.05, 0) is 59.7 Å². The van der Waals surface area contributed by atoms with E-state index >= 15 is 0 Å². The first-order valence-corrected chi connectivity index (χ1v) is 9.72. The van der Waals surface area contributed by atoms with Gasteiger partial charge in [0.05, 0.1) is 0 Å². The van der Waals surface area contributed by atoms with Gasteiger partial charge >= 0.3 is 0 Å². The molecule has 0 aromatic rings. The summed E-state index contributed by atoms with van der Waals surface area (Å²) < 4.78 is 1.64. The molecule has 4 nitrogen and oxygen atoms in total. The summed E-state index contributed by atoms with van der Waals surface area (Å²) in [6.45, 7) is 0.411. The number of halogens is 2. The Labute approximate surface area is 139 Å². The smallest absolute Gasteiger partial charge is 0.111 e. The Morgan fingerprint density at radius 1 is 1.21 bits per heavy atom. The lowest BCUT2D eigenvalue weighted by molar-refractivity contribution is -1.21. The summed E-state index contributed by atoms with van der Waals surface area (Å²) >= 11 is 5.44. The van der Waals surface area contributed by atoms with E-state index in [4.69, 9.17) is 10.0 Å². The molecule has 0 radical (unpaired) electrons. The quantitative estimate of drug-likeness (QED) is 0.358. The zero-order valence-electron chi connectivity index (χ0n) is 10.3. The lowest BCUT2D eigenvalue weighted by atomic mass is 9.62. The van der Waals surface area contributed by atoms with Gasteiger partial charge in [0.2, 0.25) is 0 Å². The third kappa shape index (κ3) is 1.17. The van der Waals surface area contributed by atoms with Crippen molar-refractivity contribution < 1.29 is 15.4 Å². The Bertz CT molecular complexity index is 446. The molecule has 0 aromatic carbocycles. The van der Waals surface area contributed by atoms with Gasteiger partial charge in [0.1, 0.15) is 6.61 Å². The molecule has 19 heavy (non-hydrogen) atoms. The van der Waals surface area contributed by atoms with Gasteiger partial charge in [0.25, 0.3) is 0 Å². The molecule has 6 aliphatic carbocycles. The third-order valence-electron chi connectivity index (χ3n) is 7.33. The lowest BCUT2D eigenvalue weighted by Gasteiger charge is -2.42. The fourth-order valence-electron chi connectivity index (χ4n) is 7.50. The van der Waals surface area contributed by atoms with Gasteiger partial charge < -0.3 is 5.21 Å². The van der Waals surface area contributed by atoms with Crippen LogP contribution in [0.5, 0.6) is 0 Å². The molecule has 6 bridgehead atoms. The first kappa shape index (κ1) is 12.8. The van der Waals surface area contributed by atoms with E-state index < -0.39 is 5.39 Å². The molecule has 0 saturated heterocycles. The van der Waals surface area contributed by atoms with Crippen molar-refractivity contribution in [3.63, 3.8) is 0 Å². The van der Waals surface area contributed by atoms with E-state index in [1.807, 2.05) is 0 Å². The zero-order valence-corrected chi connectivity index (χ0v) is 14.7. The number of hydrogen-bond donors (Lipinski definition) is 2. The highest BCUT2D eigenvalue weighted by molar-refractivity contribution is 14.1. The van der Waals surface area contributed by atoms with Crippen molar-refractivity contribution in [2.45, 2.75) is 20.7 Å². The lowest BCUT2D eigenvalue weighted by Crippen LogP contribution is -3.03. The summed E-state index contributed by atoms with van der Waals surface area (Å²) in [6.07, 6.45) is 2.47. The molecule has 0 heterocycles. The third-order valence-corrected chi connectivity index (χ3v) is 10.9. The molecule has 2 N–H and O–H groups in total. The molecule has 0 aromatic heterocycles. The van der Waals surface area contributed by atoms with Crippen molar-refractivity contribution in [2.24, 2.45) is 46.8 Å². The summed E-state index contributed by atoms with van der Waals surface area (Å²) in [5.41, 5.74) is 0.430. The van der Waals surface area contributed by atoms with E-state index in [2.05, 4.69) is 45.2 Å². The van der Waals surface area contributed by atoms with E-state index in [-0.39, 0.29) is 0 Å². The van der Waals surface area contributed by atoms with E-state index in [0.717, 1.165) is 55.7 Å². The minimum Gasteiger partial charge on any atom is -0.566 e. The predicted molar refractivity (Wildman–Crippen MR) is 83.8 cm³/mol. The van der Waals surface area contributed by atoms with Crippen LogP contribution in [0.4, 0.5) is 0 Å². The standard InChI is InChI=1S/C13H17I2NO3/c14-11-8-4-3-5-7-6(4)10(11)13(9(5)8,12(7)15)1-2-19-16(17)18/h4-12,16-17H,1-3H2/t4-,5-,6+,7+,8-,9-,10-,11+,12-,13-/m1/s1. The summed E-state index contributed by atoms with van der Waals surface area (Å²) in [5, 5.41) is 18.2. The van der Waals surface area contributed by atoms with Crippen molar-refractivity contribution in [3.05, 3.63) is 5.21 Å². The summed E-state index contributed by atoms with van der Waals surface area (Å²) in [7, 11) is 0. The van der Waals surface area contributed by atoms with Crippen LogP contribution >= 0.6 is 45.2 Å². The Morgan fingerprint density at radius 2 is 2.00 bits per heavy atom. The Balaban J connectivity index is 1.51. The minimum absolute atomic E-state index is 0.411. The fraction of sp³-hybridized carbons (Fsp3) is 1.00. The van der Waals surface area contributed by atoms with Crippen LogP contribution < -0.4 is 5.39 Å². The Morgan fingerprint density at radius 3 is 2.74 bits per heavy atom. The maximum atomic E-state index is 10.6. The van der Waals surface area contributed by atoms with Crippen molar-refractivity contribution in [3.8, 4) is 0 Å².